The fraction of sp³-hybridized carbons (Fsp3) is 0.100. The minimum atomic E-state index is 0.582. The quantitative estimate of drug-likeness (QED) is 0.491. The molecule has 0 saturated heterocycles. The van der Waals surface area contributed by atoms with Crippen molar-refractivity contribution in [2.75, 3.05) is 0 Å². The maximum Gasteiger partial charge on any atom is 0.134 e. The first-order valence-corrected chi connectivity index (χ1v) is 9.15. The van der Waals surface area contributed by atoms with E-state index in [1.54, 1.807) is 0 Å². The van der Waals surface area contributed by atoms with Gasteiger partial charge in [-0.25, -0.2) is 4.98 Å². The van der Waals surface area contributed by atoms with Crippen LogP contribution >= 0.6 is 27.3 Å². The fourth-order valence-corrected chi connectivity index (χ4v) is 3.54. The molecule has 0 amide bonds. The van der Waals surface area contributed by atoms with Crippen LogP contribution in [0.4, 0.5) is 0 Å². The van der Waals surface area contributed by atoms with E-state index < -0.39 is 0 Å². The molecule has 0 aliphatic carbocycles. The summed E-state index contributed by atoms with van der Waals surface area (Å²) in [7, 11) is 0. The molecule has 0 radical (unpaired) electrons. The maximum absolute atomic E-state index is 9.51. The largest absolute Gasteiger partial charge is 0.235 e. The lowest BCUT2D eigenvalue weighted by Gasteiger charge is -2.03. The van der Waals surface area contributed by atoms with E-state index in [0.29, 0.717) is 5.57 Å². The van der Waals surface area contributed by atoms with E-state index in [-0.39, 0.29) is 0 Å². The number of hydrogen-bond donors (Lipinski definition) is 0. The Hall–Kier alpha value is -2.22. The molecule has 24 heavy (non-hydrogen) atoms. The van der Waals surface area contributed by atoms with Gasteiger partial charge in [0.25, 0.3) is 0 Å². The standard InChI is InChI=1S/C20H15BrN2S/c1-13-3-8-18(14(2)9-13)19-12-24-20(23-19)16(11-22)10-15-4-6-17(21)7-5-15/h3-10,12H,1-2H3. The average molecular weight is 395 g/mol. The van der Waals surface area contributed by atoms with Crippen molar-refractivity contribution in [2.45, 2.75) is 13.8 Å². The zero-order valence-electron chi connectivity index (χ0n) is 13.4. The van der Waals surface area contributed by atoms with Crippen LogP contribution in [-0.4, -0.2) is 4.98 Å². The first kappa shape index (κ1) is 16.6. The summed E-state index contributed by atoms with van der Waals surface area (Å²) < 4.78 is 1.02. The Kier molecular flexibility index (Phi) is 4.94. The van der Waals surface area contributed by atoms with Crippen molar-refractivity contribution in [3.05, 3.63) is 74.0 Å². The lowest BCUT2D eigenvalue weighted by molar-refractivity contribution is 1.32. The summed E-state index contributed by atoms with van der Waals surface area (Å²) in [6, 6.07) is 16.5. The molecule has 0 aliphatic heterocycles. The molecule has 0 aliphatic rings. The minimum Gasteiger partial charge on any atom is -0.235 e. The van der Waals surface area contributed by atoms with Crippen molar-refractivity contribution in [2.24, 2.45) is 0 Å². The van der Waals surface area contributed by atoms with Gasteiger partial charge >= 0.3 is 0 Å². The summed E-state index contributed by atoms with van der Waals surface area (Å²) in [5.41, 5.74) is 6.03. The number of thiazole rings is 1. The van der Waals surface area contributed by atoms with E-state index in [1.165, 1.54) is 22.5 Å². The molecule has 0 unspecified atom stereocenters. The van der Waals surface area contributed by atoms with Gasteiger partial charge in [0.05, 0.1) is 11.3 Å². The van der Waals surface area contributed by atoms with E-state index >= 15 is 0 Å². The van der Waals surface area contributed by atoms with E-state index in [9.17, 15) is 5.26 Å². The van der Waals surface area contributed by atoms with E-state index in [2.05, 4.69) is 59.0 Å². The molecule has 0 bridgehead atoms. The van der Waals surface area contributed by atoms with Gasteiger partial charge in [-0.1, -0.05) is 51.8 Å². The maximum atomic E-state index is 9.51. The van der Waals surface area contributed by atoms with Crippen molar-refractivity contribution in [1.82, 2.24) is 4.98 Å². The van der Waals surface area contributed by atoms with Crippen LogP contribution in [0.2, 0.25) is 0 Å². The van der Waals surface area contributed by atoms with Crippen LogP contribution in [0.25, 0.3) is 22.9 Å². The summed E-state index contributed by atoms with van der Waals surface area (Å²) in [5, 5.41) is 12.3. The van der Waals surface area contributed by atoms with E-state index in [0.717, 1.165) is 26.3 Å². The molecule has 0 atom stereocenters. The molecule has 0 fully saturated rings. The second kappa shape index (κ2) is 7.12. The lowest BCUT2D eigenvalue weighted by atomic mass is 10.0. The Bertz CT molecular complexity index is 947. The van der Waals surface area contributed by atoms with Gasteiger partial charge in [-0.05, 0) is 43.2 Å². The first-order chi connectivity index (χ1) is 11.6. The fourth-order valence-electron chi connectivity index (χ4n) is 2.49. The number of nitriles is 1. The van der Waals surface area contributed by atoms with Gasteiger partial charge in [-0.3, -0.25) is 0 Å². The minimum absolute atomic E-state index is 0.582. The highest BCUT2D eigenvalue weighted by atomic mass is 79.9. The second-order valence-electron chi connectivity index (χ2n) is 5.58. The summed E-state index contributed by atoms with van der Waals surface area (Å²) in [6.45, 7) is 4.17. The molecule has 3 rings (SSSR count). The molecule has 4 heteroatoms. The van der Waals surface area contributed by atoms with Gasteiger partial charge in [0.1, 0.15) is 11.1 Å². The van der Waals surface area contributed by atoms with Crippen molar-refractivity contribution in [3.8, 4) is 17.3 Å². The Morgan fingerprint density at radius 1 is 1.17 bits per heavy atom. The van der Waals surface area contributed by atoms with Gasteiger partial charge in [0.15, 0.2) is 0 Å². The normalized spacial score (nSPS) is 11.3. The zero-order valence-corrected chi connectivity index (χ0v) is 15.8. The number of rotatable bonds is 3. The highest BCUT2D eigenvalue weighted by Crippen LogP contribution is 2.29. The van der Waals surface area contributed by atoms with Gasteiger partial charge in [0, 0.05) is 15.4 Å². The molecule has 118 valence electrons. The van der Waals surface area contributed by atoms with Crippen molar-refractivity contribution in [1.29, 1.82) is 5.26 Å². The van der Waals surface area contributed by atoms with Crippen LogP contribution in [-0.2, 0) is 0 Å². The first-order valence-electron chi connectivity index (χ1n) is 7.48. The number of aromatic nitrogens is 1. The summed E-state index contributed by atoms with van der Waals surface area (Å²) in [6.07, 6.45) is 1.87. The smallest absolute Gasteiger partial charge is 0.134 e. The molecular formula is C20H15BrN2S. The second-order valence-corrected chi connectivity index (χ2v) is 7.35. The van der Waals surface area contributed by atoms with Gasteiger partial charge in [0.2, 0.25) is 0 Å². The summed E-state index contributed by atoms with van der Waals surface area (Å²) in [4.78, 5) is 4.67. The van der Waals surface area contributed by atoms with Crippen LogP contribution < -0.4 is 0 Å². The molecule has 1 aromatic heterocycles. The van der Waals surface area contributed by atoms with Gasteiger partial charge in [-0.15, -0.1) is 11.3 Å². The lowest BCUT2D eigenvalue weighted by Crippen LogP contribution is -1.86. The monoisotopic (exact) mass is 394 g/mol. The molecule has 0 N–H and O–H groups in total. The van der Waals surface area contributed by atoms with Crippen LogP contribution in [0.3, 0.4) is 0 Å². The third-order valence-corrected chi connectivity index (χ3v) is 5.10. The topological polar surface area (TPSA) is 36.7 Å². The van der Waals surface area contributed by atoms with Crippen LogP contribution in [0, 0.1) is 25.2 Å². The highest BCUT2D eigenvalue weighted by molar-refractivity contribution is 9.10. The molecule has 0 spiro atoms. The van der Waals surface area contributed by atoms with Crippen molar-refractivity contribution >= 4 is 38.9 Å². The summed E-state index contributed by atoms with van der Waals surface area (Å²) in [5.74, 6) is 0. The van der Waals surface area contributed by atoms with Crippen molar-refractivity contribution < 1.29 is 0 Å². The zero-order chi connectivity index (χ0) is 17.1. The molecular weight excluding hydrogens is 380 g/mol. The van der Waals surface area contributed by atoms with Crippen LogP contribution in [0.15, 0.2) is 52.3 Å². The molecule has 2 nitrogen and oxygen atoms in total. The Labute approximate surface area is 154 Å². The third kappa shape index (κ3) is 3.64. The molecule has 0 saturated carbocycles. The van der Waals surface area contributed by atoms with E-state index in [4.69, 9.17) is 0 Å². The number of nitrogens with zero attached hydrogens (tertiary/aromatic N) is 2. The Morgan fingerprint density at radius 2 is 1.92 bits per heavy atom. The average Bonchev–Trinajstić information content (AvgIpc) is 3.04. The molecule has 3 aromatic rings. The van der Waals surface area contributed by atoms with Gasteiger partial charge in [-0.2, -0.15) is 5.26 Å². The van der Waals surface area contributed by atoms with Crippen LogP contribution in [0.1, 0.15) is 21.7 Å². The SMILES string of the molecule is Cc1ccc(-c2csc(C(C#N)=Cc3ccc(Br)cc3)n2)c(C)c1. The Balaban J connectivity index is 1.96. The number of aryl methyl sites for hydroxylation is 2. The predicted molar refractivity (Wildman–Crippen MR) is 105 cm³/mol. The molecule has 2 aromatic carbocycles. The Morgan fingerprint density at radius 3 is 2.58 bits per heavy atom. The van der Waals surface area contributed by atoms with E-state index in [1.807, 2.05) is 35.7 Å². The van der Waals surface area contributed by atoms with Crippen molar-refractivity contribution in [3.63, 3.8) is 0 Å². The molecule has 1 heterocycles. The van der Waals surface area contributed by atoms with Gasteiger partial charge < -0.3 is 0 Å². The third-order valence-electron chi connectivity index (χ3n) is 3.69. The predicted octanol–water partition coefficient (Wildman–Crippen LogP) is 6.25. The number of allylic oxidation sites excluding steroid dienone is 1. The highest BCUT2D eigenvalue weighted by Gasteiger charge is 2.10. The summed E-state index contributed by atoms with van der Waals surface area (Å²) >= 11 is 4.92. The van der Waals surface area contributed by atoms with Crippen LogP contribution in [0.5, 0.6) is 0 Å². The number of hydrogen-bond acceptors (Lipinski definition) is 3. The number of halogens is 1. The number of benzene rings is 2.